The van der Waals surface area contributed by atoms with Gasteiger partial charge in [0, 0.05) is 18.9 Å². The molecule has 0 saturated carbocycles. The van der Waals surface area contributed by atoms with Gasteiger partial charge in [0.1, 0.15) is 18.4 Å². The lowest BCUT2D eigenvalue weighted by atomic mass is 9.94. The van der Waals surface area contributed by atoms with Gasteiger partial charge in [-0.15, -0.1) is 0 Å². The van der Waals surface area contributed by atoms with E-state index in [1.54, 1.807) is 0 Å². The van der Waals surface area contributed by atoms with E-state index in [1.807, 2.05) is 74.5 Å². The number of benzene rings is 3. The number of fused-ring (bicyclic) bond motifs is 15. The highest BCUT2D eigenvalue weighted by atomic mass is 16.5. The fourth-order valence-electron chi connectivity index (χ4n) is 5.50. The third kappa shape index (κ3) is 6.05. The van der Waals surface area contributed by atoms with Crippen molar-refractivity contribution in [3.8, 4) is 16.9 Å². The van der Waals surface area contributed by atoms with Crippen LogP contribution in [0.3, 0.4) is 0 Å². The number of carbonyl (C=O) groups is 2. The largest absolute Gasteiger partial charge is 0.490 e. The maximum absolute atomic E-state index is 13.9. The minimum Gasteiger partial charge on any atom is -0.490 e. The normalized spacial score (nSPS) is 20.3. The van der Waals surface area contributed by atoms with E-state index in [0.29, 0.717) is 25.6 Å². The Morgan fingerprint density at radius 2 is 1.57 bits per heavy atom. The molecule has 0 saturated heterocycles. The van der Waals surface area contributed by atoms with Gasteiger partial charge in [-0.05, 0) is 51.9 Å². The summed E-state index contributed by atoms with van der Waals surface area (Å²) in [6.07, 6.45) is 2.91. The predicted octanol–water partition coefficient (Wildman–Crippen LogP) is 5.50. The van der Waals surface area contributed by atoms with Crippen LogP contribution in [0.25, 0.3) is 11.1 Å². The lowest BCUT2D eigenvalue weighted by Crippen LogP contribution is -2.55. The maximum atomic E-state index is 13.9. The average molecular weight is 541 g/mol. The Hall–Kier alpha value is -4.10. The predicted molar refractivity (Wildman–Crippen MR) is 155 cm³/mol. The van der Waals surface area contributed by atoms with Crippen molar-refractivity contribution in [2.75, 3.05) is 26.4 Å². The van der Waals surface area contributed by atoms with Crippen molar-refractivity contribution in [2.45, 2.75) is 38.3 Å². The number of nitrogens with one attached hydrogen (secondary N) is 1. The smallest absolute Gasteiger partial charge is 0.408 e. The summed E-state index contributed by atoms with van der Waals surface area (Å²) >= 11 is 0. The lowest BCUT2D eigenvalue weighted by Gasteiger charge is -2.33. The molecule has 0 unspecified atom stereocenters. The van der Waals surface area contributed by atoms with E-state index in [2.05, 4.69) is 29.6 Å². The average Bonchev–Trinajstić information content (AvgIpc) is 3.27. The van der Waals surface area contributed by atoms with E-state index in [9.17, 15) is 14.7 Å². The summed E-state index contributed by atoms with van der Waals surface area (Å²) in [5, 5.41) is 13.6. The zero-order valence-electron chi connectivity index (χ0n) is 23.0. The van der Waals surface area contributed by atoms with E-state index in [0.717, 1.165) is 27.8 Å². The highest BCUT2D eigenvalue weighted by molar-refractivity contribution is 5.86. The van der Waals surface area contributed by atoms with Crippen LogP contribution in [-0.2, 0) is 16.0 Å². The van der Waals surface area contributed by atoms with Crippen LogP contribution in [0, 0.1) is 5.92 Å². The number of rotatable bonds is 4. The molecule has 3 aromatic rings. The molecule has 2 aliphatic heterocycles. The number of hydrogen-bond donors (Lipinski definition) is 2. The van der Waals surface area contributed by atoms with Crippen molar-refractivity contribution in [3.05, 3.63) is 102 Å². The van der Waals surface area contributed by atoms with Gasteiger partial charge in [0.15, 0.2) is 0 Å². The molecule has 0 aromatic heterocycles. The van der Waals surface area contributed by atoms with Crippen LogP contribution in [0.1, 0.15) is 36.5 Å². The summed E-state index contributed by atoms with van der Waals surface area (Å²) in [7, 11) is 0. The van der Waals surface area contributed by atoms with E-state index >= 15 is 0 Å². The third-order valence-corrected chi connectivity index (χ3v) is 7.78. The summed E-state index contributed by atoms with van der Waals surface area (Å²) in [4.78, 5) is 28.1. The molecule has 2 amide bonds. The Morgan fingerprint density at radius 1 is 0.950 bits per heavy atom. The van der Waals surface area contributed by atoms with E-state index in [-0.39, 0.29) is 36.8 Å². The quantitative estimate of drug-likeness (QED) is 0.427. The number of carboxylic acid groups (broad SMARTS) is 1. The second kappa shape index (κ2) is 12.4. The molecule has 6 rings (SSSR count). The zero-order valence-corrected chi connectivity index (χ0v) is 23.0. The third-order valence-electron chi connectivity index (χ3n) is 7.78. The fourth-order valence-corrected chi connectivity index (χ4v) is 5.50. The fraction of sp³-hybridized carbons (Fsp3) is 0.333. The van der Waals surface area contributed by atoms with Crippen LogP contribution >= 0.6 is 0 Å². The molecule has 208 valence electrons. The topological polar surface area (TPSA) is 88.1 Å². The molecule has 7 nitrogen and oxygen atoms in total. The van der Waals surface area contributed by atoms with Crippen molar-refractivity contribution in [3.63, 3.8) is 0 Å². The van der Waals surface area contributed by atoms with Gasteiger partial charge < -0.3 is 19.9 Å². The molecule has 40 heavy (non-hydrogen) atoms. The van der Waals surface area contributed by atoms with E-state index < -0.39 is 12.1 Å². The molecule has 0 fully saturated rings. The first kappa shape index (κ1) is 27.5. The molecule has 1 aliphatic carbocycles. The first-order valence-electron chi connectivity index (χ1n) is 13.8. The van der Waals surface area contributed by atoms with Crippen LogP contribution in [-0.4, -0.2) is 60.5 Å². The van der Waals surface area contributed by atoms with Gasteiger partial charge in [-0.25, -0.2) is 4.79 Å². The van der Waals surface area contributed by atoms with Gasteiger partial charge in [0.05, 0.1) is 19.3 Å². The first-order valence-corrected chi connectivity index (χ1v) is 13.8. The summed E-state index contributed by atoms with van der Waals surface area (Å²) in [6, 6.07) is 22.5. The second-order valence-corrected chi connectivity index (χ2v) is 10.7. The summed E-state index contributed by atoms with van der Waals surface area (Å²) in [5.41, 5.74) is 5.22. The van der Waals surface area contributed by atoms with E-state index in [1.165, 1.54) is 4.90 Å². The highest BCUT2D eigenvalue weighted by Crippen LogP contribution is 2.45. The number of nitrogens with zero attached hydrogens (tertiary/aromatic N) is 1. The Balaban J connectivity index is 1.50. The molecule has 2 N–H and O–H groups in total. The molecular weight excluding hydrogens is 504 g/mol. The van der Waals surface area contributed by atoms with Gasteiger partial charge in [0.25, 0.3) is 0 Å². The maximum Gasteiger partial charge on any atom is 0.408 e. The Morgan fingerprint density at radius 3 is 2.20 bits per heavy atom. The minimum absolute atomic E-state index is 0.0990. The number of amides is 2. The molecule has 7 heteroatoms. The molecule has 3 aromatic carbocycles. The minimum atomic E-state index is -1.13. The van der Waals surface area contributed by atoms with Gasteiger partial charge in [-0.2, -0.15) is 0 Å². The van der Waals surface area contributed by atoms with Crippen LogP contribution in [0.4, 0.5) is 4.79 Å². The molecule has 0 radical (unpaired) electrons. The molecule has 2 bridgehead atoms. The van der Waals surface area contributed by atoms with Gasteiger partial charge in [-0.1, -0.05) is 80.6 Å². The molecule has 2 atom stereocenters. The molecule has 0 spiro atoms. The number of ether oxygens (including phenoxy) is 2. The standard InChI is InChI=1S/C33H36N2O5/c1-22(2)30-21-39-17-7-8-18-40-24-15-13-23(14-16-24)19-31(32(36)34-30)35(33(37)38)20-29-27-11-5-3-9-25(27)26-10-4-6-12-28(26)29/h3-16,22,29-31H,17-21H2,1-2H3,(H,34,36)(H,37,38)/b8-7-/t30-,31-/m1/s1. The Bertz CT molecular complexity index is 1320. The van der Waals surface area contributed by atoms with Crippen molar-refractivity contribution < 1.29 is 24.2 Å². The van der Waals surface area contributed by atoms with Crippen molar-refractivity contribution in [1.29, 1.82) is 0 Å². The summed E-state index contributed by atoms with van der Waals surface area (Å²) < 4.78 is 11.6. The van der Waals surface area contributed by atoms with Crippen molar-refractivity contribution in [2.24, 2.45) is 5.92 Å². The summed E-state index contributed by atoms with van der Waals surface area (Å²) in [6.45, 7) is 5.35. The van der Waals surface area contributed by atoms with Crippen molar-refractivity contribution >= 4 is 12.0 Å². The molecule has 2 heterocycles. The monoisotopic (exact) mass is 540 g/mol. The van der Waals surface area contributed by atoms with Crippen LogP contribution in [0.2, 0.25) is 0 Å². The van der Waals surface area contributed by atoms with Crippen LogP contribution < -0.4 is 10.1 Å². The Kier molecular flexibility index (Phi) is 8.51. The second-order valence-electron chi connectivity index (χ2n) is 10.7. The van der Waals surface area contributed by atoms with Gasteiger partial charge in [0.2, 0.25) is 5.91 Å². The summed E-state index contributed by atoms with van der Waals surface area (Å²) in [5.74, 6) is 0.300. The lowest BCUT2D eigenvalue weighted by molar-refractivity contribution is -0.127. The molecular formula is C33H36N2O5. The first-order chi connectivity index (χ1) is 19.4. The number of carbonyl (C=O) groups excluding carboxylic acids is 1. The Labute approximate surface area is 235 Å². The SMILES string of the molecule is CC(C)[C@H]1COC/C=C\COc2ccc(cc2)C[C@@H](N(CC2c3ccccc3-c3ccccc32)C(=O)O)C(=O)N1. The zero-order chi connectivity index (χ0) is 28.1. The highest BCUT2D eigenvalue weighted by Gasteiger charge is 2.37. The van der Waals surface area contributed by atoms with E-state index in [4.69, 9.17) is 9.47 Å². The van der Waals surface area contributed by atoms with Crippen LogP contribution in [0.5, 0.6) is 5.75 Å². The van der Waals surface area contributed by atoms with Gasteiger partial charge >= 0.3 is 6.09 Å². The molecule has 3 aliphatic rings. The van der Waals surface area contributed by atoms with Crippen molar-refractivity contribution in [1.82, 2.24) is 10.2 Å². The van der Waals surface area contributed by atoms with Gasteiger partial charge in [-0.3, -0.25) is 9.69 Å². The number of hydrogen-bond acceptors (Lipinski definition) is 4. The van der Waals surface area contributed by atoms with Crippen LogP contribution in [0.15, 0.2) is 84.9 Å².